The number of aromatic hydroxyl groups is 1. The summed E-state index contributed by atoms with van der Waals surface area (Å²) < 4.78 is 5.47. The molecular weight excluding hydrogens is 390 g/mol. The minimum Gasteiger partial charge on any atom is -0.507 e. The highest BCUT2D eigenvalue weighted by molar-refractivity contribution is 5.94. The second-order valence-corrected chi connectivity index (χ2v) is 8.43. The maximum atomic E-state index is 12.7. The normalized spacial score (nSPS) is 17.1. The van der Waals surface area contributed by atoms with Gasteiger partial charge in [0.15, 0.2) is 0 Å². The molecule has 0 saturated carbocycles. The van der Waals surface area contributed by atoms with Gasteiger partial charge in [-0.3, -0.25) is 9.78 Å². The quantitative estimate of drug-likeness (QED) is 0.771. The summed E-state index contributed by atoms with van der Waals surface area (Å²) in [7, 11) is 1.66. The van der Waals surface area contributed by atoms with Crippen LogP contribution in [0.2, 0.25) is 0 Å². The van der Waals surface area contributed by atoms with E-state index in [-0.39, 0.29) is 22.8 Å². The minimum absolute atomic E-state index is 0.0598. The number of allylic oxidation sites excluding steroid dienone is 1. The highest BCUT2D eigenvalue weighted by Gasteiger charge is 2.36. The van der Waals surface area contributed by atoms with Gasteiger partial charge in [-0.2, -0.15) is 0 Å². The Kier molecular flexibility index (Phi) is 6.01. The number of fused-ring (bicyclic) bond motifs is 1. The monoisotopic (exact) mass is 421 g/mol. The fourth-order valence-corrected chi connectivity index (χ4v) is 4.81. The number of nitrogens with one attached hydrogen (secondary N) is 1. The molecule has 2 aromatic rings. The summed E-state index contributed by atoms with van der Waals surface area (Å²) >= 11 is 0. The van der Waals surface area contributed by atoms with Gasteiger partial charge in [-0.05, 0) is 80.4 Å². The predicted octanol–water partition coefficient (Wildman–Crippen LogP) is 3.64. The molecule has 1 spiro atoms. The van der Waals surface area contributed by atoms with Crippen molar-refractivity contribution in [2.75, 3.05) is 33.3 Å². The Balaban J connectivity index is 1.80. The smallest absolute Gasteiger partial charge is 0.272 e. The van der Waals surface area contributed by atoms with Crippen molar-refractivity contribution in [3.63, 3.8) is 0 Å². The van der Waals surface area contributed by atoms with Gasteiger partial charge >= 0.3 is 0 Å². The fourth-order valence-electron chi connectivity index (χ4n) is 4.81. The topological polar surface area (TPSA) is 74.7 Å². The lowest BCUT2D eigenvalue weighted by molar-refractivity contribution is 0.0766. The number of carbonyl (C=O) groups is 1. The van der Waals surface area contributed by atoms with Gasteiger partial charge in [0.1, 0.15) is 17.2 Å². The molecule has 1 aliphatic carbocycles. The van der Waals surface area contributed by atoms with Crippen LogP contribution in [0.5, 0.6) is 11.5 Å². The van der Waals surface area contributed by atoms with Crippen LogP contribution in [0.3, 0.4) is 0 Å². The second-order valence-electron chi connectivity index (χ2n) is 8.43. The first kappa shape index (κ1) is 21.4. The maximum absolute atomic E-state index is 12.7. The van der Waals surface area contributed by atoms with E-state index in [2.05, 4.69) is 22.4 Å². The van der Waals surface area contributed by atoms with Crippen LogP contribution in [-0.4, -0.2) is 54.2 Å². The number of amides is 1. The average molecular weight is 422 g/mol. The van der Waals surface area contributed by atoms with Crippen LogP contribution in [-0.2, 0) is 6.42 Å². The summed E-state index contributed by atoms with van der Waals surface area (Å²) in [6.45, 7) is 7.05. The lowest BCUT2D eigenvalue weighted by atomic mass is 9.67. The standard InChI is InChI=1S/C25H31N3O3/c1-4-28(5-2)24(30)22-13-23(29)21(16-27-22)20-15-25(8-10-26-11-9-25)14-17-6-7-18(31-3)12-19(17)20/h6-7,12-13,15-16,26H,4-5,8-11,14H2,1-3H3,(H,27,29). The van der Waals surface area contributed by atoms with Crippen molar-refractivity contribution < 1.29 is 14.6 Å². The van der Waals surface area contributed by atoms with E-state index in [0.717, 1.165) is 49.2 Å². The third-order valence-corrected chi connectivity index (χ3v) is 6.64. The number of hydrogen-bond acceptors (Lipinski definition) is 5. The highest BCUT2D eigenvalue weighted by atomic mass is 16.5. The molecular formula is C25H31N3O3. The summed E-state index contributed by atoms with van der Waals surface area (Å²) in [5.74, 6) is 0.699. The van der Waals surface area contributed by atoms with Crippen LogP contribution in [0, 0.1) is 5.41 Å². The molecule has 2 heterocycles. The number of carbonyl (C=O) groups excluding carboxylic acids is 1. The summed E-state index contributed by atoms with van der Waals surface area (Å²) in [5, 5.41) is 14.4. The van der Waals surface area contributed by atoms with Crippen LogP contribution < -0.4 is 10.1 Å². The number of benzene rings is 1. The van der Waals surface area contributed by atoms with Crippen LogP contribution in [0.1, 0.15) is 53.9 Å². The van der Waals surface area contributed by atoms with E-state index in [1.54, 1.807) is 18.2 Å². The lowest BCUT2D eigenvalue weighted by Crippen LogP contribution is -2.38. The Morgan fingerprint density at radius 2 is 1.94 bits per heavy atom. The molecule has 0 unspecified atom stereocenters. The SMILES string of the molecule is CCN(CC)C(=O)c1cc(O)c(C2=CC3(CCNCC3)Cc3ccc(OC)cc32)cn1. The Morgan fingerprint density at radius 3 is 2.58 bits per heavy atom. The molecule has 1 aromatic heterocycles. The minimum atomic E-state index is -0.165. The molecule has 6 nitrogen and oxygen atoms in total. The van der Waals surface area contributed by atoms with E-state index < -0.39 is 0 Å². The van der Waals surface area contributed by atoms with Gasteiger partial charge in [-0.25, -0.2) is 0 Å². The van der Waals surface area contributed by atoms with Crippen molar-refractivity contribution in [3.05, 3.63) is 58.9 Å². The number of nitrogens with zero attached hydrogens (tertiary/aromatic N) is 2. The van der Waals surface area contributed by atoms with Crippen LogP contribution in [0.25, 0.3) is 5.57 Å². The molecule has 6 heteroatoms. The van der Waals surface area contributed by atoms with Crippen molar-refractivity contribution in [1.82, 2.24) is 15.2 Å². The van der Waals surface area contributed by atoms with Crippen molar-refractivity contribution in [3.8, 4) is 11.5 Å². The molecule has 1 aliphatic heterocycles. The first-order valence-corrected chi connectivity index (χ1v) is 11.1. The molecule has 2 aliphatic rings. The van der Waals surface area contributed by atoms with E-state index in [1.165, 1.54) is 11.6 Å². The van der Waals surface area contributed by atoms with Crippen molar-refractivity contribution in [1.29, 1.82) is 0 Å². The van der Waals surface area contributed by atoms with Gasteiger partial charge < -0.3 is 20.1 Å². The molecule has 164 valence electrons. The molecule has 1 aromatic carbocycles. The summed E-state index contributed by atoms with van der Waals surface area (Å²) in [6, 6.07) is 7.66. The number of hydrogen-bond donors (Lipinski definition) is 2. The largest absolute Gasteiger partial charge is 0.507 e. The zero-order valence-electron chi connectivity index (χ0n) is 18.6. The van der Waals surface area contributed by atoms with Gasteiger partial charge in [0.05, 0.1) is 7.11 Å². The van der Waals surface area contributed by atoms with E-state index in [9.17, 15) is 9.90 Å². The van der Waals surface area contributed by atoms with Crippen molar-refractivity contribution in [2.24, 2.45) is 5.41 Å². The number of aromatic nitrogens is 1. The Labute approximate surface area is 183 Å². The van der Waals surface area contributed by atoms with E-state index in [0.29, 0.717) is 18.7 Å². The zero-order valence-corrected chi connectivity index (χ0v) is 18.6. The summed E-state index contributed by atoms with van der Waals surface area (Å²) in [6.07, 6.45) is 7.03. The molecule has 0 bridgehead atoms. The van der Waals surface area contributed by atoms with Gasteiger partial charge in [0.25, 0.3) is 5.91 Å². The van der Waals surface area contributed by atoms with E-state index >= 15 is 0 Å². The van der Waals surface area contributed by atoms with E-state index in [1.807, 2.05) is 26.0 Å². The van der Waals surface area contributed by atoms with Crippen LogP contribution >= 0.6 is 0 Å². The molecule has 1 amide bonds. The molecule has 4 rings (SSSR count). The number of piperidine rings is 1. The number of methoxy groups -OCH3 is 1. The zero-order chi connectivity index (χ0) is 22.0. The van der Waals surface area contributed by atoms with Crippen LogP contribution in [0.4, 0.5) is 0 Å². The van der Waals surface area contributed by atoms with Crippen molar-refractivity contribution >= 4 is 11.5 Å². The second kappa shape index (κ2) is 8.71. The molecule has 1 saturated heterocycles. The Hall–Kier alpha value is -2.86. The first-order chi connectivity index (χ1) is 15.0. The van der Waals surface area contributed by atoms with E-state index in [4.69, 9.17) is 4.74 Å². The van der Waals surface area contributed by atoms with Gasteiger partial charge in [0, 0.05) is 30.9 Å². The molecule has 31 heavy (non-hydrogen) atoms. The van der Waals surface area contributed by atoms with Crippen LogP contribution in [0.15, 0.2) is 36.5 Å². The predicted molar refractivity (Wildman–Crippen MR) is 121 cm³/mol. The van der Waals surface area contributed by atoms with Gasteiger partial charge in [0.2, 0.25) is 0 Å². The highest BCUT2D eigenvalue weighted by Crippen LogP contribution is 2.46. The molecule has 0 atom stereocenters. The average Bonchev–Trinajstić information content (AvgIpc) is 2.79. The Morgan fingerprint density at radius 1 is 1.19 bits per heavy atom. The first-order valence-electron chi connectivity index (χ1n) is 11.1. The van der Waals surface area contributed by atoms with Crippen molar-refractivity contribution in [2.45, 2.75) is 33.1 Å². The lowest BCUT2D eigenvalue weighted by Gasteiger charge is -2.40. The summed E-state index contributed by atoms with van der Waals surface area (Å²) in [5.41, 5.74) is 4.26. The third-order valence-electron chi connectivity index (χ3n) is 6.64. The maximum Gasteiger partial charge on any atom is 0.272 e. The number of ether oxygens (including phenoxy) is 1. The number of pyridine rings is 1. The number of rotatable bonds is 5. The molecule has 1 fully saturated rings. The van der Waals surface area contributed by atoms with Gasteiger partial charge in [-0.15, -0.1) is 0 Å². The summed E-state index contributed by atoms with van der Waals surface area (Å²) in [4.78, 5) is 18.8. The van der Waals surface area contributed by atoms with Gasteiger partial charge in [-0.1, -0.05) is 12.1 Å². The Bertz CT molecular complexity index is 1010. The molecule has 0 radical (unpaired) electrons. The fraction of sp³-hybridized carbons (Fsp3) is 0.440. The third kappa shape index (κ3) is 4.04. The molecule has 2 N–H and O–H groups in total.